The van der Waals surface area contributed by atoms with Crippen LogP contribution in [0, 0.1) is 29.1 Å². The quantitative estimate of drug-likeness (QED) is 0.263. The molecule has 2 unspecified atom stereocenters. The number of nitriles is 1. The number of hydrogen-bond acceptors (Lipinski definition) is 9. The molecule has 4 aliphatic rings. The molecule has 48 heavy (non-hydrogen) atoms. The van der Waals surface area contributed by atoms with Crippen molar-refractivity contribution >= 4 is 33.8 Å². The maximum atomic E-state index is 14.0. The third-order valence-corrected chi connectivity index (χ3v) is 11.0. The van der Waals surface area contributed by atoms with Crippen molar-refractivity contribution < 1.29 is 9.53 Å². The maximum absolute atomic E-state index is 14.0. The van der Waals surface area contributed by atoms with Crippen molar-refractivity contribution in [2.24, 2.45) is 23.5 Å². The van der Waals surface area contributed by atoms with E-state index in [1.54, 1.807) is 13.3 Å². The van der Waals surface area contributed by atoms with E-state index in [1.807, 2.05) is 29.3 Å². The number of carbonyl (C=O) groups is 1. The predicted octanol–water partition coefficient (Wildman–Crippen LogP) is 4.22. The Morgan fingerprint density at radius 1 is 1.04 bits per heavy atom. The number of hydrogen-bond donors (Lipinski definition) is 1. The fourth-order valence-corrected chi connectivity index (χ4v) is 8.36. The number of fused-ring (bicyclic) bond motifs is 4. The highest BCUT2D eigenvalue weighted by Crippen LogP contribution is 2.41. The lowest BCUT2D eigenvalue weighted by Crippen LogP contribution is -2.41. The van der Waals surface area contributed by atoms with Gasteiger partial charge in [-0.25, -0.2) is 15.0 Å². The Kier molecular flexibility index (Phi) is 6.86. The number of nitrogens with two attached hydrogens (primary N) is 1. The summed E-state index contributed by atoms with van der Waals surface area (Å²) in [7, 11) is 1.67. The summed E-state index contributed by atoms with van der Waals surface area (Å²) in [5.74, 6) is 3.48. The number of amides is 1. The van der Waals surface area contributed by atoms with Crippen LogP contribution in [0.25, 0.3) is 33.6 Å². The van der Waals surface area contributed by atoms with Crippen molar-refractivity contribution in [3.63, 3.8) is 0 Å². The Hall–Kier alpha value is -5.02. The number of carbonyl (C=O) groups excluding carboxylic acids is 1. The average Bonchev–Trinajstić information content (AvgIpc) is 3.43. The van der Waals surface area contributed by atoms with Crippen molar-refractivity contribution in [2.75, 3.05) is 31.6 Å². The molecule has 244 valence electrons. The van der Waals surface area contributed by atoms with Gasteiger partial charge in [-0.05, 0) is 80.2 Å². The van der Waals surface area contributed by atoms with Gasteiger partial charge in [-0.2, -0.15) is 5.26 Å². The monoisotopic (exact) mass is 642 g/mol. The molecule has 2 aliphatic heterocycles. The van der Waals surface area contributed by atoms with E-state index in [-0.39, 0.29) is 23.9 Å². The number of likely N-dealkylation sites (tertiary alicyclic amines) is 1. The topological polar surface area (TPSA) is 144 Å². The summed E-state index contributed by atoms with van der Waals surface area (Å²) >= 11 is 0. The van der Waals surface area contributed by atoms with Gasteiger partial charge in [0.25, 0.3) is 5.91 Å². The summed E-state index contributed by atoms with van der Waals surface area (Å²) in [6, 6.07) is 12.4. The van der Waals surface area contributed by atoms with Crippen molar-refractivity contribution in [3.8, 4) is 23.3 Å². The van der Waals surface area contributed by atoms with Crippen LogP contribution in [0.15, 0.2) is 48.9 Å². The minimum absolute atomic E-state index is 0.00635. The molecule has 1 aromatic carbocycles. The van der Waals surface area contributed by atoms with Crippen molar-refractivity contribution in [3.05, 3.63) is 60.2 Å². The van der Waals surface area contributed by atoms with E-state index < -0.39 is 0 Å². The van der Waals surface area contributed by atoms with Gasteiger partial charge < -0.3 is 29.4 Å². The molecule has 2 bridgehead atoms. The summed E-state index contributed by atoms with van der Waals surface area (Å²) in [6.07, 6.45) is 10.5. The number of pyridine rings is 1. The molecule has 5 aromatic rings. The number of rotatable bonds is 8. The molecular weight excluding hydrogens is 604 g/mol. The van der Waals surface area contributed by atoms with Crippen LogP contribution in [-0.4, -0.2) is 78.7 Å². The van der Waals surface area contributed by atoms with Crippen molar-refractivity contribution in [1.82, 2.24) is 34.0 Å². The number of piperidine rings is 1. The second kappa shape index (κ2) is 11.3. The van der Waals surface area contributed by atoms with Crippen LogP contribution in [0.5, 0.6) is 5.75 Å². The Labute approximate surface area is 278 Å². The van der Waals surface area contributed by atoms with E-state index in [1.165, 1.54) is 19.0 Å². The Balaban J connectivity index is 1.15. The number of methoxy groups -OCH3 is 1. The fourth-order valence-electron chi connectivity index (χ4n) is 8.36. The van der Waals surface area contributed by atoms with E-state index in [2.05, 4.69) is 42.2 Å². The summed E-state index contributed by atoms with van der Waals surface area (Å²) in [4.78, 5) is 37.0. The van der Waals surface area contributed by atoms with Gasteiger partial charge in [-0.1, -0.05) is 0 Å². The zero-order valence-corrected chi connectivity index (χ0v) is 27.0. The van der Waals surface area contributed by atoms with Crippen LogP contribution in [0.1, 0.15) is 48.2 Å². The molecule has 4 aromatic heterocycles. The first-order valence-electron chi connectivity index (χ1n) is 17.1. The molecule has 0 spiro atoms. The van der Waals surface area contributed by atoms with Gasteiger partial charge in [-0.3, -0.25) is 9.78 Å². The molecule has 12 heteroatoms. The van der Waals surface area contributed by atoms with Crippen LogP contribution in [-0.2, 0) is 13.1 Å². The van der Waals surface area contributed by atoms with Gasteiger partial charge in [0.2, 0.25) is 0 Å². The third-order valence-electron chi connectivity index (χ3n) is 11.0. The SMILES string of the molecule is COc1cc(C(=O)N2CC3CCC2[C@@H]3N)cc2nc(-c3cc4cccnc4n3CC3CC3)n(C[C@H]3CCN(c4cncc(C#N)n4)C3)c12. The standard InChI is InChI=1S/C36H38N10O2/c1-48-30-13-25(36(47)45-20-24-6-7-28(45)32(24)38)11-27-33(30)46(19-22-8-10-43(17-22)31-16-39-15-26(14-37)41-31)35(42-27)29-12-23-3-2-9-40-34(23)44(29)18-21-4-5-21/h2-3,9,11-13,15-16,21-22,24,28,32H,4-8,10,17-20,38H2,1H3/t22-,24?,28?,32+/m0/s1. The summed E-state index contributed by atoms with van der Waals surface area (Å²) in [5.41, 5.74) is 11.0. The summed E-state index contributed by atoms with van der Waals surface area (Å²) < 4.78 is 10.7. The molecule has 6 heterocycles. The van der Waals surface area contributed by atoms with Gasteiger partial charge >= 0.3 is 0 Å². The smallest absolute Gasteiger partial charge is 0.254 e. The zero-order chi connectivity index (χ0) is 32.5. The number of ether oxygens (including phenoxy) is 1. The molecule has 2 saturated heterocycles. The maximum Gasteiger partial charge on any atom is 0.254 e. The Morgan fingerprint density at radius 3 is 2.69 bits per heavy atom. The van der Waals surface area contributed by atoms with Crippen molar-refractivity contribution in [2.45, 2.75) is 57.3 Å². The lowest BCUT2D eigenvalue weighted by molar-refractivity contribution is 0.0700. The molecule has 2 saturated carbocycles. The highest BCUT2D eigenvalue weighted by atomic mass is 16.5. The summed E-state index contributed by atoms with van der Waals surface area (Å²) in [6.45, 7) is 3.88. The molecule has 1 amide bonds. The average molecular weight is 643 g/mol. The zero-order valence-electron chi connectivity index (χ0n) is 27.0. The number of aromatic nitrogens is 6. The van der Waals surface area contributed by atoms with E-state index in [0.717, 1.165) is 78.3 Å². The lowest BCUT2D eigenvalue weighted by Gasteiger charge is -2.27. The fraction of sp³-hybridized carbons (Fsp3) is 0.444. The predicted molar refractivity (Wildman–Crippen MR) is 180 cm³/mol. The lowest BCUT2D eigenvalue weighted by atomic mass is 10.1. The van der Waals surface area contributed by atoms with Crippen LogP contribution < -0.4 is 15.4 Å². The molecular formula is C36H38N10O2. The van der Waals surface area contributed by atoms with Gasteiger partial charge in [0.15, 0.2) is 11.5 Å². The van der Waals surface area contributed by atoms with Crippen LogP contribution >= 0.6 is 0 Å². The molecule has 0 radical (unpaired) electrons. The highest BCUT2D eigenvalue weighted by Gasteiger charge is 2.47. The van der Waals surface area contributed by atoms with Gasteiger partial charge in [0.1, 0.15) is 28.8 Å². The normalized spacial score (nSPS) is 23.4. The molecule has 2 N–H and O–H groups in total. The van der Waals surface area contributed by atoms with E-state index in [9.17, 15) is 10.1 Å². The second-order valence-electron chi connectivity index (χ2n) is 14.0. The second-order valence-corrected chi connectivity index (χ2v) is 14.0. The first kappa shape index (κ1) is 29.1. The molecule has 2 aliphatic carbocycles. The van der Waals surface area contributed by atoms with Gasteiger partial charge in [-0.15, -0.1) is 0 Å². The largest absolute Gasteiger partial charge is 0.494 e. The molecule has 4 fully saturated rings. The number of benzene rings is 1. The first-order chi connectivity index (χ1) is 23.5. The molecule has 4 atom stereocenters. The third kappa shape index (κ3) is 4.79. The molecule has 9 rings (SSSR count). The minimum Gasteiger partial charge on any atom is -0.494 e. The Morgan fingerprint density at radius 2 is 1.92 bits per heavy atom. The summed E-state index contributed by atoms with van der Waals surface area (Å²) in [5, 5.41) is 10.5. The highest BCUT2D eigenvalue weighted by molar-refractivity contribution is 6.00. The number of anilines is 1. The number of nitrogens with zero attached hydrogens (tertiary/aromatic N) is 9. The minimum atomic E-state index is -0.00635. The molecule has 12 nitrogen and oxygen atoms in total. The van der Waals surface area contributed by atoms with E-state index >= 15 is 0 Å². The van der Waals surface area contributed by atoms with Crippen LogP contribution in [0.2, 0.25) is 0 Å². The number of imidazole rings is 1. The van der Waals surface area contributed by atoms with E-state index in [0.29, 0.717) is 41.9 Å². The van der Waals surface area contributed by atoms with Crippen molar-refractivity contribution in [1.29, 1.82) is 5.26 Å². The van der Waals surface area contributed by atoms with E-state index in [4.69, 9.17) is 20.4 Å². The van der Waals surface area contributed by atoms with Gasteiger partial charge in [0.05, 0.1) is 30.7 Å². The van der Waals surface area contributed by atoms with Crippen LogP contribution in [0.3, 0.4) is 0 Å². The first-order valence-corrected chi connectivity index (χ1v) is 17.1. The van der Waals surface area contributed by atoms with Crippen LogP contribution in [0.4, 0.5) is 5.82 Å². The van der Waals surface area contributed by atoms with Gasteiger partial charge in [0, 0.05) is 62.0 Å². The Bertz CT molecular complexity index is 2110.